The van der Waals surface area contributed by atoms with E-state index < -0.39 is 0 Å². The van der Waals surface area contributed by atoms with Crippen LogP contribution in [0.2, 0.25) is 0 Å². The topological polar surface area (TPSA) is 28.2 Å². The van der Waals surface area contributed by atoms with E-state index in [2.05, 4.69) is 44.1 Å². The van der Waals surface area contributed by atoms with Crippen molar-refractivity contribution in [2.45, 2.75) is 38.6 Å². The van der Waals surface area contributed by atoms with Gasteiger partial charge in [-0.2, -0.15) is 0 Å². The SMILES string of the molecule is CCCCN(CC1CCCN1)c1ncccc1Br. The lowest BCUT2D eigenvalue weighted by atomic mass is 10.2. The Bertz CT molecular complexity index is 364. The minimum Gasteiger partial charge on any atom is -0.354 e. The van der Waals surface area contributed by atoms with Crippen LogP contribution in [0.3, 0.4) is 0 Å². The Morgan fingerprint density at radius 2 is 2.44 bits per heavy atom. The van der Waals surface area contributed by atoms with Crippen molar-refractivity contribution in [1.29, 1.82) is 0 Å². The van der Waals surface area contributed by atoms with Crippen LogP contribution in [0.15, 0.2) is 22.8 Å². The fourth-order valence-electron chi connectivity index (χ4n) is 2.42. The monoisotopic (exact) mass is 311 g/mol. The summed E-state index contributed by atoms with van der Waals surface area (Å²) in [5, 5.41) is 3.57. The Balaban J connectivity index is 2.06. The number of hydrogen-bond donors (Lipinski definition) is 1. The fourth-order valence-corrected chi connectivity index (χ4v) is 2.93. The maximum absolute atomic E-state index is 4.52. The van der Waals surface area contributed by atoms with E-state index in [1.807, 2.05) is 12.3 Å². The molecule has 0 aromatic carbocycles. The molecule has 1 unspecified atom stereocenters. The van der Waals surface area contributed by atoms with Gasteiger partial charge in [-0.25, -0.2) is 4.98 Å². The number of hydrogen-bond acceptors (Lipinski definition) is 3. The van der Waals surface area contributed by atoms with Crippen molar-refractivity contribution in [3.05, 3.63) is 22.8 Å². The van der Waals surface area contributed by atoms with Gasteiger partial charge in [0.25, 0.3) is 0 Å². The number of unbranched alkanes of at least 4 members (excludes halogenated alkanes) is 1. The van der Waals surface area contributed by atoms with Gasteiger partial charge in [-0.3, -0.25) is 0 Å². The van der Waals surface area contributed by atoms with Gasteiger partial charge in [0.1, 0.15) is 5.82 Å². The zero-order valence-corrected chi connectivity index (χ0v) is 12.6. The molecule has 18 heavy (non-hydrogen) atoms. The lowest BCUT2D eigenvalue weighted by Gasteiger charge is -2.27. The van der Waals surface area contributed by atoms with Gasteiger partial charge in [-0.05, 0) is 53.9 Å². The molecule has 0 aliphatic carbocycles. The van der Waals surface area contributed by atoms with E-state index in [-0.39, 0.29) is 0 Å². The van der Waals surface area contributed by atoms with E-state index in [9.17, 15) is 0 Å². The molecule has 0 bridgehead atoms. The molecule has 1 N–H and O–H groups in total. The molecule has 4 heteroatoms. The average molecular weight is 312 g/mol. The molecular formula is C14H22BrN3. The van der Waals surface area contributed by atoms with E-state index in [0.717, 1.165) is 29.9 Å². The van der Waals surface area contributed by atoms with E-state index in [1.54, 1.807) is 0 Å². The van der Waals surface area contributed by atoms with Crippen LogP contribution in [-0.2, 0) is 0 Å². The van der Waals surface area contributed by atoms with E-state index in [0.29, 0.717) is 6.04 Å². The minimum absolute atomic E-state index is 0.621. The molecule has 1 aliphatic rings. The van der Waals surface area contributed by atoms with Crippen molar-refractivity contribution >= 4 is 21.7 Å². The second-order valence-electron chi connectivity index (χ2n) is 4.90. The molecule has 100 valence electrons. The number of pyridine rings is 1. The summed E-state index contributed by atoms with van der Waals surface area (Å²) in [6.45, 7) is 5.55. The van der Waals surface area contributed by atoms with Gasteiger partial charge in [0.15, 0.2) is 0 Å². The van der Waals surface area contributed by atoms with Crippen LogP contribution in [0.5, 0.6) is 0 Å². The molecule has 0 amide bonds. The summed E-state index contributed by atoms with van der Waals surface area (Å²) in [6, 6.07) is 4.67. The third-order valence-corrected chi connectivity index (χ3v) is 4.04. The summed E-state index contributed by atoms with van der Waals surface area (Å²) >= 11 is 3.61. The molecule has 1 aliphatic heterocycles. The van der Waals surface area contributed by atoms with Crippen molar-refractivity contribution in [3.63, 3.8) is 0 Å². The Hall–Kier alpha value is -0.610. The molecule has 3 nitrogen and oxygen atoms in total. The first-order chi connectivity index (χ1) is 8.81. The Morgan fingerprint density at radius 1 is 1.56 bits per heavy atom. The van der Waals surface area contributed by atoms with Crippen molar-refractivity contribution in [2.24, 2.45) is 0 Å². The third-order valence-electron chi connectivity index (χ3n) is 3.42. The minimum atomic E-state index is 0.621. The lowest BCUT2D eigenvalue weighted by Crippen LogP contribution is -2.38. The summed E-state index contributed by atoms with van der Waals surface area (Å²) in [7, 11) is 0. The maximum atomic E-state index is 4.52. The van der Waals surface area contributed by atoms with Crippen molar-refractivity contribution in [1.82, 2.24) is 10.3 Å². The molecule has 2 rings (SSSR count). The van der Waals surface area contributed by atoms with Crippen LogP contribution < -0.4 is 10.2 Å². The van der Waals surface area contributed by atoms with Crippen molar-refractivity contribution in [2.75, 3.05) is 24.5 Å². The third kappa shape index (κ3) is 3.69. The lowest BCUT2D eigenvalue weighted by molar-refractivity contribution is 0.568. The molecule has 0 spiro atoms. The molecule has 1 fully saturated rings. The summed E-state index contributed by atoms with van der Waals surface area (Å²) in [5.74, 6) is 1.08. The zero-order valence-electron chi connectivity index (χ0n) is 11.0. The van der Waals surface area contributed by atoms with Gasteiger partial charge in [-0.15, -0.1) is 0 Å². The average Bonchev–Trinajstić information content (AvgIpc) is 2.88. The van der Waals surface area contributed by atoms with E-state index in [4.69, 9.17) is 0 Å². The van der Waals surface area contributed by atoms with Crippen molar-refractivity contribution < 1.29 is 0 Å². The Morgan fingerprint density at radius 3 is 3.11 bits per heavy atom. The number of aromatic nitrogens is 1. The largest absolute Gasteiger partial charge is 0.354 e. The van der Waals surface area contributed by atoms with Crippen LogP contribution in [-0.4, -0.2) is 30.7 Å². The first-order valence-electron chi connectivity index (χ1n) is 6.90. The van der Waals surface area contributed by atoms with Crippen LogP contribution in [0.25, 0.3) is 0 Å². The van der Waals surface area contributed by atoms with Crippen LogP contribution in [0.4, 0.5) is 5.82 Å². The first-order valence-corrected chi connectivity index (χ1v) is 7.69. The molecule has 1 saturated heterocycles. The van der Waals surface area contributed by atoms with Gasteiger partial charge in [0.2, 0.25) is 0 Å². The summed E-state index contributed by atoms with van der Waals surface area (Å²) < 4.78 is 1.10. The van der Waals surface area contributed by atoms with E-state index >= 15 is 0 Å². The molecule has 1 aromatic rings. The molecule has 2 heterocycles. The number of halogens is 1. The fraction of sp³-hybridized carbons (Fsp3) is 0.643. The van der Waals surface area contributed by atoms with Crippen LogP contribution in [0.1, 0.15) is 32.6 Å². The second kappa shape index (κ2) is 7.10. The predicted octanol–water partition coefficient (Wildman–Crippen LogP) is 3.20. The van der Waals surface area contributed by atoms with Gasteiger partial charge < -0.3 is 10.2 Å². The van der Waals surface area contributed by atoms with Gasteiger partial charge in [0, 0.05) is 25.3 Å². The number of anilines is 1. The highest BCUT2D eigenvalue weighted by Crippen LogP contribution is 2.24. The smallest absolute Gasteiger partial charge is 0.142 e. The Labute approximate surface area is 118 Å². The number of nitrogens with zero attached hydrogens (tertiary/aromatic N) is 2. The zero-order chi connectivity index (χ0) is 12.8. The maximum Gasteiger partial charge on any atom is 0.142 e. The second-order valence-corrected chi connectivity index (χ2v) is 5.76. The summed E-state index contributed by atoms with van der Waals surface area (Å²) in [6.07, 6.45) is 6.90. The standard InChI is InChI=1S/C14H22BrN3/c1-2-3-10-18(11-12-6-4-8-16-12)14-13(15)7-5-9-17-14/h5,7,9,12,16H,2-4,6,8,10-11H2,1H3. The highest BCUT2D eigenvalue weighted by molar-refractivity contribution is 9.10. The first kappa shape index (κ1) is 13.8. The van der Waals surface area contributed by atoms with Gasteiger partial charge in [-0.1, -0.05) is 13.3 Å². The quantitative estimate of drug-likeness (QED) is 0.874. The van der Waals surface area contributed by atoms with Gasteiger partial charge >= 0.3 is 0 Å². The highest BCUT2D eigenvalue weighted by atomic mass is 79.9. The van der Waals surface area contributed by atoms with E-state index in [1.165, 1.54) is 25.7 Å². The summed E-state index contributed by atoms with van der Waals surface area (Å²) in [5.41, 5.74) is 0. The molecule has 1 atom stereocenters. The molecule has 1 aromatic heterocycles. The number of rotatable bonds is 6. The predicted molar refractivity (Wildman–Crippen MR) is 80.1 cm³/mol. The Kier molecular flexibility index (Phi) is 5.45. The van der Waals surface area contributed by atoms with Crippen LogP contribution in [0, 0.1) is 0 Å². The van der Waals surface area contributed by atoms with Crippen LogP contribution >= 0.6 is 15.9 Å². The molecule has 0 radical (unpaired) electrons. The normalized spacial score (nSPS) is 19.1. The molecule has 0 saturated carbocycles. The van der Waals surface area contributed by atoms with Gasteiger partial charge in [0.05, 0.1) is 4.47 Å². The highest BCUT2D eigenvalue weighted by Gasteiger charge is 2.19. The summed E-state index contributed by atoms with van der Waals surface area (Å²) in [4.78, 5) is 6.94. The molecular weight excluding hydrogens is 290 g/mol. The number of nitrogens with one attached hydrogen (secondary N) is 1. The van der Waals surface area contributed by atoms with Crippen molar-refractivity contribution in [3.8, 4) is 0 Å².